The van der Waals surface area contributed by atoms with Gasteiger partial charge >= 0.3 is 0 Å². The van der Waals surface area contributed by atoms with Gasteiger partial charge in [0.15, 0.2) is 0 Å². The van der Waals surface area contributed by atoms with Crippen LogP contribution in [-0.2, 0) is 10.0 Å². The first-order valence-electron chi connectivity index (χ1n) is 6.88. The molecule has 1 aromatic carbocycles. The van der Waals surface area contributed by atoms with E-state index in [-0.39, 0.29) is 23.0 Å². The molecule has 1 saturated heterocycles. The van der Waals surface area contributed by atoms with Crippen LogP contribution in [0, 0.1) is 17.0 Å². The van der Waals surface area contributed by atoms with Gasteiger partial charge in [0.1, 0.15) is 0 Å². The summed E-state index contributed by atoms with van der Waals surface area (Å²) in [5, 5.41) is 14.0. The summed E-state index contributed by atoms with van der Waals surface area (Å²) in [4.78, 5) is 10.2. The standard InChI is InChI=1S/C13H19N3O4S.ClH/c1-10-9-12(16(17)18)4-5-13(10)21(19,20)15-8-6-11-3-2-7-14-11;/h4-5,9,11,14-15H,2-3,6-8H2,1H3;1H/t11-;/m1./s1. The molecular weight excluding hydrogens is 330 g/mol. The molecule has 1 aromatic rings. The zero-order chi connectivity index (χ0) is 15.5. The Morgan fingerprint density at radius 3 is 2.73 bits per heavy atom. The van der Waals surface area contributed by atoms with E-state index in [1.54, 1.807) is 6.92 Å². The number of nitro groups is 1. The number of halogens is 1. The van der Waals surface area contributed by atoms with E-state index in [0.29, 0.717) is 18.2 Å². The molecule has 1 aliphatic heterocycles. The minimum Gasteiger partial charge on any atom is -0.314 e. The van der Waals surface area contributed by atoms with Crippen molar-refractivity contribution in [1.29, 1.82) is 0 Å². The molecule has 1 atom stereocenters. The van der Waals surface area contributed by atoms with Crippen molar-refractivity contribution < 1.29 is 13.3 Å². The van der Waals surface area contributed by atoms with Gasteiger partial charge in [-0.3, -0.25) is 10.1 Å². The fourth-order valence-corrected chi connectivity index (χ4v) is 3.77. The number of non-ortho nitro benzene ring substituents is 1. The summed E-state index contributed by atoms with van der Waals surface area (Å²) in [7, 11) is -3.63. The highest BCUT2D eigenvalue weighted by Gasteiger charge is 2.20. The summed E-state index contributed by atoms with van der Waals surface area (Å²) >= 11 is 0. The van der Waals surface area contributed by atoms with Gasteiger partial charge in [0.05, 0.1) is 9.82 Å². The van der Waals surface area contributed by atoms with E-state index < -0.39 is 14.9 Å². The third kappa shape index (κ3) is 4.64. The average Bonchev–Trinajstić information content (AvgIpc) is 2.91. The largest absolute Gasteiger partial charge is 0.314 e. The molecule has 0 bridgehead atoms. The van der Waals surface area contributed by atoms with Gasteiger partial charge in [0.2, 0.25) is 10.0 Å². The van der Waals surface area contributed by atoms with Gasteiger partial charge < -0.3 is 5.32 Å². The lowest BCUT2D eigenvalue weighted by Crippen LogP contribution is -2.31. The number of nitrogens with one attached hydrogen (secondary N) is 2. The van der Waals surface area contributed by atoms with Crippen molar-refractivity contribution in [2.75, 3.05) is 13.1 Å². The monoisotopic (exact) mass is 349 g/mol. The molecule has 7 nitrogen and oxygen atoms in total. The molecule has 0 aromatic heterocycles. The van der Waals surface area contributed by atoms with Crippen LogP contribution < -0.4 is 10.0 Å². The topological polar surface area (TPSA) is 101 Å². The van der Waals surface area contributed by atoms with Crippen molar-refractivity contribution >= 4 is 28.1 Å². The highest BCUT2D eigenvalue weighted by molar-refractivity contribution is 7.89. The van der Waals surface area contributed by atoms with Crippen LogP contribution in [0.1, 0.15) is 24.8 Å². The summed E-state index contributed by atoms with van der Waals surface area (Å²) in [6.07, 6.45) is 2.93. The number of hydrogen-bond acceptors (Lipinski definition) is 5. The van der Waals surface area contributed by atoms with E-state index in [2.05, 4.69) is 10.0 Å². The molecule has 0 unspecified atom stereocenters. The zero-order valence-electron chi connectivity index (χ0n) is 12.2. The second kappa shape index (κ2) is 7.87. The van der Waals surface area contributed by atoms with Crippen molar-refractivity contribution in [3.8, 4) is 0 Å². The number of nitrogens with zero attached hydrogens (tertiary/aromatic N) is 1. The fourth-order valence-electron chi connectivity index (χ4n) is 2.50. The molecule has 1 fully saturated rings. The molecule has 9 heteroatoms. The van der Waals surface area contributed by atoms with Crippen LogP contribution >= 0.6 is 12.4 Å². The predicted molar refractivity (Wildman–Crippen MR) is 85.9 cm³/mol. The number of nitro benzene ring substituents is 1. The molecule has 1 heterocycles. The number of rotatable bonds is 6. The van der Waals surface area contributed by atoms with Crippen molar-refractivity contribution in [3.05, 3.63) is 33.9 Å². The second-order valence-corrected chi connectivity index (χ2v) is 6.92. The zero-order valence-corrected chi connectivity index (χ0v) is 13.9. The predicted octanol–water partition coefficient (Wildman–Crippen LogP) is 1.75. The van der Waals surface area contributed by atoms with Gasteiger partial charge in [0.25, 0.3) is 5.69 Å². The summed E-state index contributed by atoms with van der Waals surface area (Å²) in [5.41, 5.74) is 0.261. The van der Waals surface area contributed by atoms with Crippen molar-refractivity contribution in [3.63, 3.8) is 0 Å². The van der Waals surface area contributed by atoms with Crippen LogP contribution in [-0.4, -0.2) is 32.5 Å². The Bertz CT molecular complexity index is 630. The molecule has 0 radical (unpaired) electrons. The molecular formula is C13H20ClN3O4S. The summed E-state index contributed by atoms with van der Waals surface area (Å²) in [5.74, 6) is 0. The average molecular weight is 350 g/mol. The highest BCUT2D eigenvalue weighted by Crippen LogP contribution is 2.21. The maximum absolute atomic E-state index is 12.2. The van der Waals surface area contributed by atoms with Crippen molar-refractivity contribution in [2.24, 2.45) is 0 Å². The maximum atomic E-state index is 12.2. The van der Waals surface area contributed by atoms with E-state index in [1.165, 1.54) is 18.2 Å². The Kier molecular flexibility index (Phi) is 6.73. The minimum absolute atomic E-state index is 0. The van der Waals surface area contributed by atoms with E-state index in [1.807, 2.05) is 0 Å². The third-order valence-corrected chi connectivity index (χ3v) is 5.23. The Morgan fingerprint density at radius 2 is 2.18 bits per heavy atom. The first-order valence-corrected chi connectivity index (χ1v) is 8.36. The maximum Gasteiger partial charge on any atom is 0.269 e. The fraction of sp³-hybridized carbons (Fsp3) is 0.538. The van der Waals surface area contributed by atoms with Gasteiger partial charge in [-0.1, -0.05) is 0 Å². The van der Waals surface area contributed by atoms with Crippen LogP contribution in [0.25, 0.3) is 0 Å². The molecule has 1 aliphatic rings. The number of hydrogen-bond donors (Lipinski definition) is 2. The summed E-state index contributed by atoms with van der Waals surface area (Å²) < 4.78 is 27.0. The molecule has 0 amide bonds. The van der Waals surface area contributed by atoms with E-state index in [0.717, 1.165) is 25.8 Å². The molecule has 124 valence electrons. The lowest BCUT2D eigenvalue weighted by molar-refractivity contribution is -0.385. The Hall–Kier alpha value is -1.22. The van der Waals surface area contributed by atoms with Crippen molar-refractivity contribution in [1.82, 2.24) is 10.0 Å². The van der Waals surface area contributed by atoms with Gasteiger partial charge in [-0.25, -0.2) is 13.1 Å². The molecule has 0 aliphatic carbocycles. The SMILES string of the molecule is Cc1cc([N+](=O)[O-])ccc1S(=O)(=O)NCC[C@H]1CCCN1.Cl. The molecule has 2 N–H and O–H groups in total. The Labute approximate surface area is 136 Å². The lowest BCUT2D eigenvalue weighted by atomic mass is 10.2. The number of benzene rings is 1. The van der Waals surface area contributed by atoms with E-state index >= 15 is 0 Å². The van der Waals surface area contributed by atoms with Gasteiger partial charge in [-0.05, 0) is 44.4 Å². The van der Waals surface area contributed by atoms with Crippen LogP contribution in [0.4, 0.5) is 5.69 Å². The first-order chi connectivity index (χ1) is 9.90. The molecule has 0 saturated carbocycles. The Balaban J connectivity index is 0.00000242. The summed E-state index contributed by atoms with van der Waals surface area (Å²) in [6.45, 7) is 2.90. The lowest BCUT2D eigenvalue weighted by Gasteiger charge is -2.12. The number of aryl methyl sites for hydroxylation is 1. The van der Waals surface area contributed by atoms with Crippen LogP contribution in [0.3, 0.4) is 0 Å². The van der Waals surface area contributed by atoms with Crippen LogP contribution in [0.15, 0.2) is 23.1 Å². The number of sulfonamides is 1. The second-order valence-electron chi connectivity index (χ2n) is 5.19. The van der Waals surface area contributed by atoms with Gasteiger partial charge in [-0.15, -0.1) is 12.4 Å². The van der Waals surface area contributed by atoms with E-state index in [4.69, 9.17) is 0 Å². The third-order valence-electron chi connectivity index (χ3n) is 3.61. The molecule has 22 heavy (non-hydrogen) atoms. The molecule has 0 spiro atoms. The molecule has 2 rings (SSSR count). The minimum atomic E-state index is -3.63. The highest BCUT2D eigenvalue weighted by atomic mass is 35.5. The first kappa shape index (κ1) is 18.8. The van der Waals surface area contributed by atoms with Crippen molar-refractivity contribution in [2.45, 2.75) is 37.1 Å². The van der Waals surface area contributed by atoms with E-state index in [9.17, 15) is 18.5 Å². The van der Waals surface area contributed by atoms with Gasteiger partial charge in [-0.2, -0.15) is 0 Å². The summed E-state index contributed by atoms with van der Waals surface area (Å²) in [6, 6.07) is 4.13. The Morgan fingerprint density at radius 1 is 1.45 bits per heavy atom. The normalized spacial score (nSPS) is 18.0. The van der Waals surface area contributed by atoms with Gasteiger partial charge in [0, 0.05) is 24.7 Å². The quantitative estimate of drug-likeness (QED) is 0.601. The smallest absolute Gasteiger partial charge is 0.269 e. The van der Waals surface area contributed by atoms with Crippen LogP contribution in [0.2, 0.25) is 0 Å². The van der Waals surface area contributed by atoms with Crippen LogP contribution in [0.5, 0.6) is 0 Å².